The standard InChI is InChI=1S/C18H14FN3O3/c19-17-8-1-2-9-18(17)21-10-4-7-16(21)12-20-25-13-14-5-3-6-15(11-14)22(23)24/h1-12H,13H2/b20-12-. The van der Waals surface area contributed by atoms with Crippen LogP contribution in [-0.4, -0.2) is 15.7 Å². The smallest absolute Gasteiger partial charge is 0.269 e. The third-order valence-electron chi connectivity index (χ3n) is 3.50. The number of halogens is 1. The molecule has 3 aromatic rings. The van der Waals surface area contributed by atoms with Gasteiger partial charge in [-0.05, 0) is 29.8 Å². The highest BCUT2D eigenvalue weighted by atomic mass is 19.1. The molecule has 0 aliphatic rings. The van der Waals surface area contributed by atoms with Gasteiger partial charge in [0.2, 0.25) is 0 Å². The summed E-state index contributed by atoms with van der Waals surface area (Å²) in [5.41, 5.74) is 1.69. The SMILES string of the molecule is O=[N+]([O-])c1cccc(CO/N=C\c2cccn2-c2ccccc2F)c1. The Bertz CT molecular complexity index is 921. The Hall–Kier alpha value is -3.48. The van der Waals surface area contributed by atoms with E-state index in [1.807, 2.05) is 0 Å². The Balaban J connectivity index is 1.68. The average molecular weight is 339 g/mol. The van der Waals surface area contributed by atoms with Crippen LogP contribution in [-0.2, 0) is 11.4 Å². The van der Waals surface area contributed by atoms with E-state index in [4.69, 9.17) is 4.84 Å². The molecule has 1 heterocycles. The minimum atomic E-state index is -0.464. The van der Waals surface area contributed by atoms with Crippen molar-refractivity contribution in [2.45, 2.75) is 6.61 Å². The Morgan fingerprint density at radius 3 is 2.80 bits per heavy atom. The first-order valence-corrected chi connectivity index (χ1v) is 7.46. The second-order valence-corrected chi connectivity index (χ2v) is 5.19. The predicted molar refractivity (Wildman–Crippen MR) is 91.2 cm³/mol. The second-order valence-electron chi connectivity index (χ2n) is 5.19. The van der Waals surface area contributed by atoms with Gasteiger partial charge in [0.25, 0.3) is 5.69 Å². The molecule has 2 aromatic carbocycles. The van der Waals surface area contributed by atoms with Crippen molar-refractivity contribution >= 4 is 11.9 Å². The first kappa shape index (κ1) is 16.4. The maximum absolute atomic E-state index is 13.9. The van der Waals surface area contributed by atoms with Crippen LogP contribution in [0.2, 0.25) is 0 Å². The molecule has 0 amide bonds. The molecule has 0 saturated carbocycles. The van der Waals surface area contributed by atoms with E-state index in [1.165, 1.54) is 24.4 Å². The molecule has 0 fully saturated rings. The van der Waals surface area contributed by atoms with E-state index < -0.39 is 4.92 Å². The van der Waals surface area contributed by atoms with Crippen LogP contribution < -0.4 is 0 Å². The number of para-hydroxylation sites is 1. The van der Waals surface area contributed by atoms with Crippen molar-refractivity contribution in [3.05, 3.63) is 94.0 Å². The lowest BCUT2D eigenvalue weighted by molar-refractivity contribution is -0.384. The third-order valence-corrected chi connectivity index (χ3v) is 3.50. The highest BCUT2D eigenvalue weighted by molar-refractivity contribution is 5.78. The summed E-state index contributed by atoms with van der Waals surface area (Å²) < 4.78 is 15.5. The molecule has 0 saturated heterocycles. The van der Waals surface area contributed by atoms with Crippen molar-refractivity contribution in [3.63, 3.8) is 0 Å². The molecule has 0 radical (unpaired) electrons. The van der Waals surface area contributed by atoms with Gasteiger partial charge in [0, 0.05) is 18.3 Å². The van der Waals surface area contributed by atoms with Crippen molar-refractivity contribution in [3.8, 4) is 5.69 Å². The van der Waals surface area contributed by atoms with Gasteiger partial charge in [-0.3, -0.25) is 10.1 Å². The Morgan fingerprint density at radius 2 is 2.00 bits per heavy atom. The average Bonchev–Trinajstić information content (AvgIpc) is 3.07. The van der Waals surface area contributed by atoms with Gasteiger partial charge in [-0.15, -0.1) is 0 Å². The summed E-state index contributed by atoms with van der Waals surface area (Å²) in [4.78, 5) is 15.5. The second kappa shape index (κ2) is 7.39. The van der Waals surface area contributed by atoms with Crippen LogP contribution in [0.1, 0.15) is 11.3 Å². The summed E-state index contributed by atoms with van der Waals surface area (Å²) in [6.07, 6.45) is 3.18. The number of benzene rings is 2. The van der Waals surface area contributed by atoms with E-state index in [-0.39, 0.29) is 18.1 Å². The van der Waals surface area contributed by atoms with E-state index in [0.717, 1.165) is 0 Å². The van der Waals surface area contributed by atoms with Gasteiger partial charge in [0.05, 0.1) is 22.5 Å². The number of nitro benzene ring substituents is 1. The van der Waals surface area contributed by atoms with Gasteiger partial charge in [0.15, 0.2) is 0 Å². The van der Waals surface area contributed by atoms with Crippen molar-refractivity contribution in [1.29, 1.82) is 0 Å². The third kappa shape index (κ3) is 3.89. The van der Waals surface area contributed by atoms with Crippen molar-refractivity contribution in [2.24, 2.45) is 5.16 Å². The minimum Gasteiger partial charge on any atom is -0.391 e. The lowest BCUT2D eigenvalue weighted by Crippen LogP contribution is -2.01. The van der Waals surface area contributed by atoms with Gasteiger partial charge in [-0.1, -0.05) is 29.4 Å². The van der Waals surface area contributed by atoms with Crippen LogP contribution in [0.15, 0.2) is 72.0 Å². The molecule has 25 heavy (non-hydrogen) atoms. The fraction of sp³-hybridized carbons (Fsp3) is 0.0556. The Kier molecular flexibility index (Phi) is 4.84. The largest absolute Gasteiger partial charge is 0.391 e. The summed E-state index contributed by atoms with van der Waals surface area (Å²) in [7, 11) is 0. The van der Waals surface area contributed by atoms with Gasteiger partial charge in [-0.25, -0.2) is 4.39 Å². The summed E-state index contributed by atoms with van der Waals surface area (Å²) in [6.45, 7) is 0.0958. The number of non-ortho nitro benzene ring substituents is 1. The van der Waals surface area contributed by atoms with Gasteiger partial charge >= 0.3 is 0 Å². The zero-order valence-corrected chi connectivity index (χ0v) is 13.1. The first-order chi connectivity index (χ1) is 12.1. The number of rotatable bonds is 6. The first-order valence-electron chi connectivity index (χ1n) is 7.46. The summed E-state index contributed by atoms with van der Waals surface area (Å²) in [5.74, 6) is -0.342. The van der Waals surface area contributed by atoms with Crippen molar-refractivity contribution in [1.82, 2.24) is 4.57 Å². The van der Waals surface area contributed by atoms with Crippen molar-refractivity contribution in [2.75, 3.05) is 0 Å². The van der Waals surface area contributed by atoms with E-state index >= 15 is 0 Å². The molecular formula is C18H14FN3O3. The molecule has 7 heteroatoms. The number of aromatic nitrogens is 1. The Morgan fingerprint density at radius 1 is 1.16 bits per heavy atom. The lowest BCUT2D eigenvalue weighted by atomic mass is 10.2. The molecule has 126 valence electrons. The number of hydrogen-bond donors (Lipinski definition) is 0. The van der Waals surface area contributed by atoms with Crippen LogP contribution in [0.25, 0.3) is 5.69 Å². The van der Waals surface area contributed by atoms with Crippen LogP contribution in [0, 0.1) is 15.9 Å². The fourth-order valence-corrected chi connectivity index (χ4v) is 2.33. The minimum absolute atomic E-state index is 0.00138. The molecule has 1 aromatic heterocycles. The molecule has 3 rings (SSSR count). The van der Waals surface area contributed by atoms with Crippen LogP contribution >= 0.6 is 0 Å². The summed E-state index contributed by atoms with van der Waals surface area (Å²) >= 11 is 0. The highest BCUT2D eigenvalue weighted by Gasteiger charge is 2.07. The van der Waals surface area contributed by atoms with E-state index in [2.05, 4.69) is 5.16 Å². The molecular weight excluding hydrogens is 325 g/mol. The predicted octanol–water partition coefficient (Wildman–Crippen LogP) is 4.08. The van der Waals surface area contributed by atoms with Gasteiger partial charge in [-0.2, -0.15) is 0 Å². The van der Waals surface area contributed by atoms with Crippen LogP contribution in [0.4, 0.5) is 10.1 Å². The molecule has 0 aliphatic carbocycles. The van der Waals surface area contributed by atoms with Crippen LogP contribution in [0.3, 0.4) is 0 Å². The maximum Gasteiger partial charge on any atom is 0.269 e. The topological polar surface area (TPSA) is 69.7 Å². The molecule has 0 spiro atoms. The maximum atomic E-state index is 13.9. The normalized spacial score (nSPS) is 10.9. The monoisotopic (exact) mass is 339 g/mol. The zero-order chi connectivity index (χ0) is 17.6. The molecule has 0 bridgehead atoms. The van der Waals surface area contributed by atoms with E-state index in [0.29, 0.717) is 16.9 Å². The lowest BCUT2D eigenvalue weighted by Gasteiger charge is -2.07. The number of hydrogen-bond acceptors (Lipinski definition) is 4. The number of oxime groups is 1. The molecule has 0 aliphatic heterocycles. The fourth-order valence-electron chi connectivity index (χ4n) is 2.33. The number of nitro groups is 1. The Labute approximate surface area is 142 Å². The van der Waals surface area contributed by atoms with E-state index in [9.17, 15) is 14.5 Å². The summed E-state index contributed by atoms with van der Waals surface area (Å²) in [6, 6.07) is 16.1. The molecule has 6 nitrogen and oxygen atoms in total. The van der Waals surface area contributed by atoms with Gasteiger partial charge in [0.1, 0.15) is 12.4 Å². The molecule has 0 N–H and O–H groups in total. The molecule has 0 atom stereocenters. The molecule has 0 unspecified atom stereocenters. The highest BCUT2D eigenvalue weighted by Crippen LogP contribution is 2.16. The quantitative estimate of drug-likeness (QED) is 0.386. The van der Waals surface area contributed by atoms with Gasteiger partial charge < -0.3 is 9.40 Å². The van der Waals surface area contributed by atoms with Crippen molar-refractivity contribution < 1.29 is 14.2 Å². The van der Waals surface area contributed by atoms with Crippen LogP contribution in [0.5, 0.6) is 0 Å². The zero-order valence-electron chi connectivity index (χ0n) is 13.1. The number of nitrogens with zero attached hydrogens (tertiary/aromatic N) is 3. The van der Waals surface area contributed by atoms with E-state index in [1.54, 1.807) is 53.2 Å². The summed E-state index contributed by atoms with van der Waals surface area (Å²) in [5, 5.41) is 14.6.